The van der Waals surface area contributed by atoms with Crippen LogP contribution in [0.5, 0.6) is 0 Å². The lowest BCUT2D eigenvalue weighted by molar-refractivity contribution is 0.862. The summed E-state index contributed by atoms with van der Waals surface area (Å²) in [7, 11) is 1.91. The number of fused-ring (bicyclic) bond motifs is 1. The molecule has 0 saturated carbocycles. The highest BCUT2D eigenvalue weighted by atomic mass is 15.3. The number of aryl methyl sites for hydroxylation is 1. The van der Waals surface area contributed by atoms with Crippen molar-refractivity contribution in [3.8, 4) is 33.9 Å². The van der Waals surface area contributed by atoms with Gasteiger partial charge in [0, 0.05) is 36.8 Å². The van der Waals surface area contributed by atoms with Gasteiger partial charge in [-0.2, -0.15) is 0 Å². The number of imidazole rings is 1. The van der Waals surface area contributed by atoms with Crippen molar-refractivity contribution in [3.05, 3.63) is 79.3 Å². The molecule has 0 saturated heterocycles. The molecule has 0 atom stereocenters. The van der Waals surface area contributed by atoms with Crippen molar-refractivity contribution in [2.45, 2.75) is 0 Å². The second kappa shape index (κ2) is 6.35. The zero-order chi connectivity index (χ0) is 19.1. The summed E-state index contributed by atoms with van der Waals surface area (Å²) in [6, 6.07) is 20.4. The summed E-state index contributed by atoms with van der Waals surface area (Å²) in [5.74, 6) is 1.59. The van der Waals surface area contributed by atoms with Gasteiger partial charge >= 0.3 is 0 Å². The number of nitrogen functional groups attached to an aromatic ring is 1. The van der Waals surface area contributed by atoms with Gasteiger partial charge in [-0.15, -0.1) is 5.10 Å². The van der Waals surface area contributed by atoms with E-state index in [0.29, 0.717) is 17.5 Å². The lowest BCUT2D eigenvalue weighted by Crippen LogP contribution is -2.05. The second-order valence-corrected chi connectivity index (χ2v) is 6.63. The van der Waals surface area contributed by atoms with E-state index in [-0.39, 0.29) is 0 Å². The lowest BCUT2D eigenvalue weighted by Gasteiger charge is -2.08. The van der Waals surface area contributed by atoms with Gasteiger partial charge in [-0.05, 0) is 11.1 Å². The summed E-state index contributed by atoms with van der Waals surface area (Å²) < 4.78 is 3.69. The number of benzene rings is 2. The van der Waals surface area contributed by atoms with Gasteiger partial charge in [-0.25, -0.2) is 14.5 Å². The van der Waals surface area contributed by atoms with Crippen molar-refractivity contribution < 1.29 is 0 Å². The molecular formula is C22H18N6. The molecule has 0 unspecified atom stereocenters. The average Bonchev–Trinajstić information content (AvgIpc) is 3.33. The highest BCUT2D eigenvalue weighted by Gasteiger charge is 2.20. The van der Waals surface area contributed by atoms with Gasteiger partial charge in [0.05, 0.1) is 0 Å². The zero-order valence-electron chi connectivity index (χ0n) is 15.3. The van der Waals surface area contributed by atoms with Crippen molar-refractivity contribution in [1.82, 2.24) is 24.1 Å². The Morgan fingerprint density at radius 2 is 1.57 bits per heavy atom. The molecule has 0 radical (unpaired) electrons. The van der Waals surface area contributed by atoms with Crippen molar-refractivity contribution >= 4 is 11.3 Å². The maximum absolute atomic E-state index is 6.43. The van der Waals surface area contributed by atoms with E-state index in [9.17, 15) is 0 Å². The maximum atomic E-state index is 6.43. The van der Waals surface area contributed by atoms with Crippen LogP contribution in [0, 0.1) is 0 Å². The van der Waals surface area contributed by atoms with Gasteiger partial charge in [0.2, 0.25) is 5.82 Å². The van der Waals surface area contributed by atoms with E-state index in [1.807, 2.05) is 64.9 Å². The van der Waals surface area contributed by atoms with Crippen molar-refractivity contribution in [2.24, 2.45) is 7.05 Å². The van der Waals surface area contributed by atoms with E-state index in [1.165, 1.54) is 0 Å². The molecule has 0 aliphatic rings. The maximum Gasteiger partial charge on any atom is 0.218 e. The van der Waals surface area contributed by atoms with E-state index in [2.05, 4.69) is 34.2 Å². The van der Waals surface area contributed by atoms with E-state index in [4.69, 9.17) is 10.8 Å². The van der Waals surface area contributed by atoms with Crippen LogP contribution in [0.2, 0.25) is 0 Å². The van der Waals surface area contributed by atoms with Crippen LogP contribution >= 0.6 is 0 Å². The Hall–Kier alpha value is -3.93. The molecule has 0 spiro atoms. The van der Waals surface area contributed by atoms with Crippen LogP contribution < -0.4 is 5.73 Å². The molecular weight excluding hydrogens is 348 g/mol. The molecule has 3 aromatic heterocycles. The molecule has 0 amide bonds. The molecule has 0 fully saturated rings. The second-order valence-electron chi connectivity index (χ2n) is 6.63. The van der Waals surface area contributed by atoms with Crippen molar-refractivity contribution in [1.29, 1.82) is 0 Å². The highest BCUT2D eigenvalue weighted by Crippen LogP contribution is 2.38. The minimum Gasteiger partial charge on any atom is -0.382 e. The molecule has 28 heavy (non-hydrogen) atoms. The Kier molecular flexibility index (Phi) is 3.69. The van der Waals surface area contributed by atoms with Crippen molar-refractivity contribution in [3.63, 3.8) is 0 Å². The summed E-state index contributed by atoms with van der Waals surface area (Å²) in [6.45, 7) is 0. The first-order chi connectivity index (χ1) is 13.7. The molecule has 5 aromatic rings. The predicted octanol–water partition coefficient (Wildman–Crippen LogP) is 4.05. The molecule has 3 heterocycles. The summed E-state index contributed by atoms with van der Waals surface area (Å²) in [5.41, 5.74) is 11.5. The van der Waals surface area contributed by atoms with Crippen LogP contribution in [0.3, 0.4) is 0 Å². The van der Waals surface area contributed by atoms with Gasteiger partial charge < -0.3 is 10.3 Å². The van der Waals surface area contributed by atoms with Gasteiger partial charge in [0.1, 0.15) is 5.52 Å². The number of anilines is 1. The molecule has 136 valence electrons. The predicted molar refractivity (Wildman–Crippen MR) is 110 cm³/mol. The average molecular weight is 366 g/mol. The standard InChI is InChI=1S/C22H18N6/c1-27-13-12-24-22(27)21-25-20(23)19-18(16-10-6-3-7-11-16)17(14-28(19)26-21)15-8-4-2-5-9-15/h2-14H,1H3,(H2,23,25,26). The summed E-state index contributed by atoms with van der Waals surface area (Å²) in [4.78, 5) is 8.91. The minimum absolute atomic E-state index is 0.425. The zero-order valence-corrected chi connectivity index (χ0v) is 15.3. The fourth-order valence-electron chi connectivity index (χ4n) is 3.52. The molecule has 6 nitrogen and oxygen atoms in total. The Bertz CT molecular complexity index is 1270. The normalized spacial score (nSPS) is 11.2. The number of hydrogen-bond acceptors (Lipinski definition) is 4. The molecule has 0 aliphatic heterocycles. The summed E-state index contributed by atoms with van der Waals surface area (Å²) in [5, 5.41) is 4.71. The van der Waals surface area contributed by atoms with Crippen LogP contribution in [-0.2, 0) is 7.05 Å². The Balaban J connectivity index is 1.84. The van der Waals surface area contributed by atoms with Crippen LogP contribution in [0.15, 0.2) is 79.3 Å². The Labute approximate surface area is 161 Å². The monoisotopic (exact) mass is 366 g/mol. The number of rotatable bonds is 3. The summed E-state index contributed by atoms with van der Waals surface area (Å²) in [6.07, 6.45) is 5.59. The van der Waals surface area contributed by atoms with Crippen LogP contribution in [0.25, 0.3) is 39.4 Å². The summed E-state index contributed by atoms with van der Waals surface area (Å²) >= 11 is 0. The Morgan fingerprint density at radius 1 is 0.893 bits per heavy atom. The largest absolute Gasteiger partial charge is 0.382 e. The third kappa shape index (κ3) is 2.54. The lowest BCUT2D eigenvalue weighted by atomic mass is 9.98. The van der Waals surface area contributed by atoms with E-state index in [1.54, 1.807) is 6.20 Å². The van der Waals surface area contributed by atoms with Gasteiger partial charge in [0.15, 0.2) is 11.6 Å². The quantitative estimate of drug-likeness (QED) is 0.523. The minimum atomic E-state index is 0.425. The van der Waals surface area contributed by atoms with Crippen LogP contribution in [-0.4, -0.2) is 24.1 Å². The highest BCUT2D eigenvalue weighted by molar-refractivity contribution is 5.98. The first-order valence-electron chi connectivity index (χ1n) is 9.00. The first-order valence-corrected chi connectivity index (χ1v) is 9.00. The molecule has 6 heteroatoms. The smallest absolute Gasteiger partial charge is 0.218 e. The van der Waals surface area contributed by atoms with Crippen molar-refractivity contribution in [2.75, 3.05) is 5.73 Å². The third-order valence-corrected chi connectivity index (χ3v) is 4.83. The fourth-order valence-corrected chi connectivity index (χ4v) is 3.52. The molecule has 0 bridgehead atoms. The fraction of sp³-hybridized carbons (Fsp3) is 0.0455. The van der Waals surface area contributed by atoms with Gasteiger partial charge in [-0.1, -0.05) is 60.7 Å². The van der Waals surface area contributed by atoms with Gasteiger partial charge in [-0.3, -0.25) is 0 Å². The number of hydrogen-bond donors (Lipinski definition) is 1. The van der Waals surface area contributed by atoms with Crippen LogP contribution in [0.4, 0.5) is 5.82 Å². The topological polar surface area (TPSA) is 74.0 Å². The van der Waals surface area contributed by atoms with E-state index < -0.39 is 0 Å². The SMILES string of the molecule is Cn1ccnc1-c1nc(N)c2c(-c3ccccc3)c(-c3ccccc3)cn2n1. The first kappa shape index (κ1) is 16.3. The molecule has 2 aromatic carbocycles. The van der Waals surface area contributed by atoms with Crippen LogP contribution in [0.1, 0.15) is 0 Å². The Morgan fingerprint density at radius 3 is 2.21 bits per heavy atom. The molecule has 2 N–H and O–H groups in total. The third-order valence-electron chi connectivity index (χ3n) is 4.83. The van der Waals surface area contributed by atoms with E-state index in [0.717, 1.165) is 27.8 Å². The molecule has 0 aliphatic carbocycles. The number of nitrogens with two attached hydrogens (primary N) is 1. The number of nitrogens with zero attached hydrogens (tertiary/aromatic N) is 5. The number of aromatic nitrogens is 5. The van der Waals surface area contributed by atoms with E-state index >= 15 is 0 Å². The molecule has 5 rings (SSSR count). The van der Waals surface area contributed by atoms with Gasteiger partial charge in [0.25, 0.3) is 0 Å².